The second kappa shape index (κ2) is 6.15. The molecular formula is C13H18N4O2S. The molecule has 0 fully saturated rings. The normalized spacial score (nSPS) is 10.9. The summed E-state index contributed by atoms with van der Waals surface area (Å²) in [5.74, 6) is -0.192. The van der Waals surface area contributed by atoms with Crippen LogP contribution < -0.4 is 11.1 Å². The van der Waals surface area contributed by atoms with Gasteiger partial charge in [0.25, 0.3) is 5.91 Å². The predicted octanol–water partition coefficient (Wildman–Crippen LogP) is 1.66. The van der Waals surface area contributed by atoms with Crippen molar-refractivity contribution in [3.63, 3.8) is 0 Å². The SMILES string of the molecule is CCOCCNC(=O)c1sc2nnc(C)c(C)c2c1N. The minimum absolute atomic E-state index is 0.192. The molecule has 0 radical (unpaired) electrons. The molecule has 2 aromatic rings. The number of aromatic nitrogens is 2. The Balaban J connectivity index is 2.25. The summed E-state index contributed by atoms with van der Waals surface area (Å²) in [7, 11) is 0. The zero-order chi connectivity index (χ0) is 14.7. The molecule has 7 heteroatoms. The Morgan fingerprint density at radius 1 is 1.40 bits per heavy atom. The number of carbonyl (C=O) groups excluding carboxylic acids is 1. The molecule has 2 heterocycles. The molecule has 108 valence electrons. The molecule has 20 heavy (non-hydrogen) atoms. The van der Waals surface area contributed by atoms with Gasteiger partial charge in [-0.2, -0.15) is 5.10 Å². The lowest BCUT2D eigenvalue weighted by molar-refractivity contribution is 0.0927. The highest BCUT2D eigenvalue weighted by atomic mass is 32.1. The summed E-state index contributed by atoms with van der Waals surface area (Å²) in [4.78, 5) is 13.3. The minimum Gasteiger partial charge on any atom is -0.397 e. The van der Waals surface area contributed by atoms with Gasteiger partial charge in [-0.15, -0.1) is 16.4 Å². The average Bonchev–Trinajstić information content (AvgIpc) is 2.77. The second-order valence-corrected chi connectivity index (χ2v) is 5.39. The number of hydrogen-bond acceptors (Lipinski definition) is 6. The summed E-state index contributed by atoms with van der Waals surface area (Å²) in [5.41, 5.74) is 8.37. The van der Waals surface area contributed by atoms with Crippen LogP contribution in [-0.2, 0) is 4.74 Å². The highest BCUT2D eigenvalue weighted by Gasteiger charge is 2.19. The highest BCUT2D eigenvalue weighted by molar-refractivity contribution is 7.21. The van der Waals surface area contributed by atoms with Gasteiger partial charge in [0.2, 0.25) is 0 Å². The predicted molar refractivity (Wildman–Crippen MR) is 80.1 cm³/mol. The summed E-state index contributed by atoms with van der Waals surface area (Å²) in [6.07, 6.45) is 0. The zero-order valence-corrected chi connectivity index (χ0v) is 12.6. The van der Waals surface area contributed by atoms with E-state index in [2.05, 4.69) is 15.5 Å². The molecule has 2 aromatic heterocycles. The Labute approximate surface area is 121 Å². The van der Waals surface area contributed by atoms with Gasteiger partial charge in [0, 0.05) is 18.5 Å². The van der Waals surface area contributed by atoms with E-state index in [0.717, 1.165) is 16.6 Å². The fourth-order valence-corrected chi connectivity index (χ4v) is 2.89. The van der Waals surface area contributed by atoms with Gasteiger partial charge >= 0.3 is 0 Å². The van der Waals surface area contributed by atoms with Crippen molar-refractivity contribution in [2.45, 2.75) is 20.8 Å². The standard InChI is InChI=1S/C13H18N4O2S/c1-4-19-6-5-15-12(18)11-10(14)9-7(2)8(3)16-17-13(9)20-11/h4-6,14H2,1-3H3,(H,15,18). The van der Waals surface area contributed by atoms with Crippen molar-refractivity contribution in [2.24, 2.45) is 0 Å². The van der Waals surface area contributed by atoms with Crippen molar-refractivity contribution in [2.75, 3.05) is 25.5 Å². The maximum Gasteiger partial charge on any atom is 0.263 e. The summed E-state index contributed by atoms with van der Waals surface area (Å²) in [5, 5.41) is 11.8. The largest absolute Gasteiger partial charge is 0.397 e. The Kier molecular flexibility index (Phi) is 4.51. The number of ether oxygens (including phenoxy) is 1. The Bertz CT molecular complexity index is 639. The number of nitrogens with two attached hydrogens (primary N) is 1. The lowest BCUT2D eigenvalue weighted by Crippen LogP contribution is -2.27. The van der Waals surface area contributed by atoms with Crippen LogP contribution >= 0.6 is 11.3 Å². The topological polar surface area (TPSA) is 90.1 Å². The van der Waals surface area contributed by atoms with Crippen LogP contribution in [0.3, 0.4) is 0 Å². The molecule has 0 aliphatic rings. The number of thiophene rings is 1. The fourth-order valence-electron chi connectivity index (χ4n) is 1.87. The molecule has 2 rings (SSSR count). The van der Waals surface area contributed by atoms with Crippen LogP contribution in [0.15, 0.2) is 0 Å². The van der Waals surface area contributed by atoms with Crippen LogP contribution in [-0.4, -0.2) is 35.9 Å². The third-order valence-electron chi connectivity index (χ3n) is 3.08. The number of nitrogens with zero attached hydrogens (tertiary/aromatic N) is 2. The number of hydrogen-bond donors (Lipinski definition) is 2. The monoisotopic (exact) mass is 294 g/mol. The van der Waals surface area contributed by atoms with E-state index in [1.807, 2.05) is 20.8 Å². The first-order valence-electron chi connectivity index (χ1n) is 6.44. The quantitative estimate of drug-likeness (QED) is 0.818. The number of amides is 1. The van der Waals surface area contributed by atoms with E-state index < -0.39 is 0 Å². The summed E-state index contributed by atoms with van der Waals surface area (Å²) in [6, 6.07) is 0. The van der Waals surface area contributed by atoms with Crippen LogP contribution in [0.1, 0.15) is 27.9 Å². The first-order chi connectivity index (χ1) is 9.56. The smallest absolute Gasteiger partial charge is 0.263 e. The minimum atomic E-state index is -0.192. The molecule has 3 N–H and O–H groups in total. The highest BCUT2D eigenvalue weighted by Crippen LogP contribution is 2.34. The van der Waals surface area contributed by atoms with Crippen LogP contribution in [0.4, 0.5) is 5.69 Å². The summed E-state index contributed by atoms with van der Waals surface area (Å²) in [6.45, 7) is 7.31. The maximum absolute atomic E-state index is 12.1. The number of rotatable bonds is 5. The third kappa shape index (κ3) is 2.73. The fraction of sp³-hybridized carbons (Fsp3) is 0.462. The third-order valence-corrected chi connectivity index (χ3v) is 4.17. The molecule has 0 atom stereocenters. The number of fused-ring (bicyclic) bond motifs is 1. The maximum atomic E-state index is 12.1. The van der Waals surface area contributed by atoms with E-state index in [0.29, 0.717) is 35.2 Å². The van der Waals surface area contributed by atoms with Gasteiger partial charge in [0.05, 0.1) is 18.0 Å². The van der Waals surface area contributed by atoms with Gasteiger partial charge in [-0.05, 0) is 26.3 Å². The van der Waals surface area contributed by atoms with Crippen LogP contribution in [0.2, 0.25) is 0 Å². The Hall–Kier alpha value is -1.73. The molecule has 0 unspecified atom stereocenters. The van der Waals surface area contributed by atoms with Crippen LogP contribution in [0.5, 0.6) is 0 Å². The molecule has 6 nitrogen and oxygen atoms in total. The molecule has 0 spiro atoms. The Morgan fingerprint density at radius 2 is 2.15 bits per heavy atom. The first-order valence-corrected chi connectivity index (χ1v) is 7.25. The van der Waals surface area contributed by atoms with E-state index in [1.54, 1.807) is 0 Å². The summed E-state index contributed by atoms with van der Waals surface area (Å²) < 4.78 is 5.18. The number of anilines is 1. The van der Waals surface area contributed by atoms with Crippen molar-refractivity contribution in [1.29, 1.82) is 0 Å². The van der Waals surface area contributed by atoms with Crippen LogP contribution in [0, 0.1) is 13.8 Å². The number of nitrogen functional groups attached to an aromatic ring is 1. The van der Waals surface area contributed by atoms with Gasteiger partial charge in [-0.25, -0.2) is 0 Å². The van der Waals surface area contributed by atoms with Gasteiger partial charge in [0.15, 0.2) is 0 Å². The molecule has 0 aliphatic carbocycles. The zero-order valence-electron chi connectivity index (χ0n) is 11.8. The van der Waals surface area contributed by atoms with E-state index in [-0.39, 0.29) is 5.91 Å². The lowest BCUT2D eigenvalue weighted by atomic mass is 10.1. The molecule has 0 aromatic carbocycles. The van der Waals surface area contributed by atoms with Crippen molar-refractivity contribution < 1.29 is 9.53 Å². The van der Waals surface area contributed by atoms with Gasteiger partial charge < -0.3 is 15.8 Å². The summed E-state index contributed by atoms with van der Waals surface area (Å²) >= 11 is 1.27. The van der Waals surface area contributed by atoms with E-state index >= 15 is 0 Å². The first kappa shape index (κ1) is 14.7. The molecule has 1 amide bonds. The number of carbonyl (C=O) groups is 1. The number of nitrogens with one attached hydrogen (secondary N) is 1. The molecule has 0 saturated heterocycles. The molecule has 0 aliphatic heterocycles. The van der Waals surface area contributed by atoms with Crippen LogP contribution in [0.25, 0.3) is 10.2 Å². The Morgan fingerprint density at radius 3 is 2.85 bits per heavy atom. The van der Waals surface area contributed by atoms with E-state index in [9.17, 15) is 4.79 Å². The van der Waals surface area contributed by atoms with E-state index in [1.165, 1.54) is 11.3 Å². The lowest BCUT2D eigenvalue weighted by Gasteiger charge is -2.04. The molecule has 0 bridgehead atoms. The molecule has 0 saturated carbocycles. The van der Waals surface area contributed by atoms with Crippen molar-refractivity contribution in [3.8, 4) is 0 Å². The van der Waals surface area contributed by atoms with Crippen molar-refractivity contribution >= 4 is 33.1 Å². The van der Waals surface area contributed by atoms with Crippen molar-refractivity contribution in [1.82, 2.24) is 15.5 Å². The van der Waals surface area contributed by atoms with Gasteiger partial charge in [0.1, 0.15) is 9.71 Å². The van der Waals surface area contributed by atoms with Gasteiger partial charge in [-0.1, -0.05) is 0 Å². The number of aryl methyl sites for hydroxylation is 2. The average molecular weight is 294 g/mol. The molecular weight excluding hydrogens is 276 g/mol. The second-order valence-electron chi connectivity index (χ2n) is 4.39. The van der Waals surface area contributed by atoms with E-state index in [4.69, 9.17) is 10.5 Å². The van der Waals surface area contributed by atoms with Crippen molar-refractivity contribution in [3.05, 3.63) is 16.1 Å². The van der Waals surface area contributed by atoms with Gasteiger partial charge in [-0.3, -0.25) is 4.79 Å².